The summed E-state index contributed by atoms with van der Waals surface area (Å²) < 4.78 is 11.4. The van der Waals surface area contributed by atoms with Crippen LogP contribution in [0.5, 0.6) is 5.75 Å². The highest BCUT2D eigenvalue weighted by Gasteiger charge is 2.39. The zero-order chi connectivity index (χ0) is 23.4. The van der Waals surface area contributed by atoms with Gasteiger partial charge in [0.2, 0.25) is 0 Å². The maximum atomic E-state index is 12.6. The van der Waals surface area contributed by atoms with Gasteiger partial charge in [-0.2, -0.15) is 0 Å². The fourth-order valence-electron chi connectivity index (χ4n) is 3.71. The number of phenols is 1. The van der Waals surface area contributed by atoms with Crippen LogP contribution in [0.4, 0.5) is 0 Å². The fraction of sp³-hybridized carbons (Fsp3) is 0.708. The van der Waals surface area contributed by atoms with Crippen LogP contribution in [0, 0.1) is 19.8 Å². The molecule has 1 aromatic rings. The Morgan fingerprint density at radius 3 is 2.26 bits per heavy atom. The molecule has 3 N–H and O–H groups in total. The van der Waals surface area contributed by atoms with Crippen LogP contribution in [-0.4, -0.2) is 52.2 Å². The van der Waals surface area contributed by atoms with E-state index >= 15 is 0 Å². The maximum Gasteiger partial charge on any atom is 0.254 e. The van der Waals surface area contributed by atoms with Crippen molar-refractivity contribution in [2.75, 3.05) is 19.7 Å². The van der Waals surface area contributed by atoms with Crippen molar-refractivity contribution in [3.63, 3.8) is 0 Å². The van der Waals surface area contributed by atoms with E-state index in [2.05, 4.69) is 33.8 Å². The molecule has 0 aromatic heterocycles. The van der Waals surface area contributed by atoms with E-state index < -0.39 is 11.9 Å². The summed E-state index contributed by atoms with van der Waals surface area (Å²) in [4.78, 5) is 14.5. The molecular formula is C24H40N2O4S. The molecule has 1 aromatic carbocycles. The number of hydrogen-bond acceptors (Lipinski definition) is 6. The zero-order valence-electron chi connectivity index (χ0n) is 20.2. The van der Waals surface area contributed by atoms with Gasteiger partial charge in [0, 0.05) is 17.8 Å². The number of amides is 1. The predicted octanol–water partition coefficient (Wildman–Crippen LogP) is 4.33. The van der Waals surface area contributed by atoms with Gasteiger partial charge in [-0.25, -0.2) is 0 Å². The molecule has 2 fully saturated rings. The van der Waals surface area contributed by atoms with Crippen LogP contribution in [-0.2, 0) is 20.7 Å². The highest BCUT2D eigenvalue weighted by Crippen LogP contribution is 2.30. The van der Waals surface area contributed by atoms with Crippen LogP contribution in [0.1, 0.15) is 64.2 Å². The van der Waals surface area contributed by atoms with Gasteiger partial charge in [-0.15, -0.1) is 0 Å². The van der Waals surface area contributed by atoms with Crippen LogP contribution >= 0.6 is 11.9 Å². The number of phenolic OH excluding ortho intramolecular Hbond substituents is 1. The second kappa shape index (κ2) is 10.6. The molecule has 176 valence electrons. The Kier molecular flexibility index (Phi) is 8.85. The molecule has 3 rings (SSSR count). The molecule has 0 radical (unpaired) electrons. The first-order valence-electron chi connectivity index (χ1n) is 11.1. The van der Waals surface area contributed by atoms with Crippen LogP contribution in [0.3, 0.4) is 0 Å². The molecule has 0 aliphatic carbocycles. The molecule has 0 spiro atoms. The molecule has 0 bridgehead atoms. The topological polar surface area (TPSA) is 85.0 Å². The molecule has 2 saturated heterocycles. The number of carbonyl (C=O) groups excluding carboxylic acids is 1. The number of nitrogens with two attached hydrogens (primary N) is 1. The molecule has 2 heterocycles. The number of aromatic hydroxyl groups is 1. The van der Waals surface area contributed by atoms with E-state index in [9.17, 15) is 9.90 Å². The predicted molar refractivity (Wildman–Crippen MR) is 127 cm³/mol. The van der Waals surface area contributed by atoms with E-state index in [0.717, 1.165) is 43.5 Å². The van der Waals surface area contributed by atoms with Crippen molar-refractivity contribution < 1.29 is 19.4 Å². The van der Waals surface area contributed by atoms with Gasteiger partial charge in [-0.05, 0) is 96.4 Å². The third-order valence-corrected chi connectivity index (χ3v) is 6.47. The molecule has 2 aliphatic rings. The number of aryl methyl sites for hydroxylation is 2. The lowest BCUT2D eigenvalue weighted by atomic mass is 9.88. The van der Waals surface area contributed by atoms with E-state index in [1.54, 1.807) is 0 Å². The van der Waals surface area contributed by atoms with E-state index in [-0.39, 0.29) is 10.7 Å². The highest BCUT2D eigenvalue weighted by molar-refractivity contribution is 7.98. The number of likely N-dealkylation sites (tertiary alicyclic amines) is 1. The van der Waals surface area contributed by atoms with Crippen molar-refractivity contribution in [3.05, 3.63) is 28.8 Å². The van der Waals surface area contributed by atoms with Crippen molar-refractivity contribution >= 4 is 17.9 Å². The average molecular weight is 453 g/mol. The van der Waals surface area contributed by atoms with Gasteiger partial charge < -0.3 is 19.5 Å². The third-order valence-electron chi connectivity index (χ3n) is 5.77. The zero-order valence-corrected chi connectivity index (χ0v) is 21.0. The molecule has 7 heteroatoms. The number of carbonyl (C=O) groups is 1. The first-order valence-corrected chi connectivity index (χ1v) is 12.0. The molecule has 0 saturated carbocycles. The van der Waals surface area contributed by atoms with Gasteiger partial charge in [0.1, 0.15) is 5.75 Å². The SMILES string of the molecule is CC(C)(C)SN.Cc1cc(O)c(CC2CCN(C(=O)C3COC(C)(C)O3)CC2)cc1C. The standard InChI is InChI=1S/C20H29NO4.C4H11NS/c1-13-9-16(17(22)10-14(13)2)11-15-5-7-21(8-6-15)19(23)18-12-24-20(3,4)25-18;1-4(2,3)6-5/h9-10,15,18,22H,5-8,11-12H2,1-4H3;5H2,1-3H3. The van der Waals surface area contributed by atoms with Crippen molar-refractivity contribution in [1.29, 1.82) is 0 Å². The molecule has 2 aliphatic heterocycles. The van der Waals surface area contributed by atoms with Crippen molar-refractivity contribution in [2.24, 2.45) is 11.1 Å². The second-order valence-corrected chi connectivity index (χ2v) is 11.5. The van der Waals surface area contributed by atoms with Gasteiger partial charge in [0.05, 0.1) is 6.61 Å². The van der Waals surface area contributed by atoms with E-state index in [4.69, 9.17) is 14.6 Å². The maximum absolute atomic E-state index is 12.6. The van der Waals surface area contributed by atoms with E-state index in [0.29, 0.717) is 18.3 Å². The Hall–Kier alpha value is -1.28. The Bertz CT molecular complexity index is 753. The molecule has 1 unspecified atom stereocenters. The summed E-state index contributed by atoms with van der Waals surface area (Å²) in [5, 5.41) is 15.4. The number of nitrogens with zero attached hydrogens (tertiary/aromatic N) is 1. The van der Waals surface area contributed by atoms with E-state index in [1.807, 2.05) is 31.7 Å². The Balaban J connectivity index is 0.000000501. The Morgan fingerprint density at radius 1 is 1.23 bits per heavy atom. The number of benzene rings is 1. The van der Waals surface area contributed by atoms with Gasteiger partial charge in [-0.1, -0.05) is 18.0 Å². The van der Waals surface area contributed by atoms with Crippen LogP contribution in [0.25, 0.3) is 0 Å². The van der Waals surface area contributed by atoms with Crippen LogP contribution in [0.2, 0.25) is 0 Å². The third kappa shape index (κ3) is 7.97. The first-order chi connectivity index (χ1) is 14.3. The van der Waals surface area contributed by atoms with Crippen molar-refractivity contribution in [1.82, 2.24) is 4.90 Å². The number of hydrogen-bond donors (Lipinski definition) is 2. The highest BCUT2D eigenvalue weighted by atomic mass is 32.2. The van der Waals surface area contributed by atoms with Gasteiger partial charge in [0.25, 0.3) is 5.91 Å². The van der Waals surface area contributed by atoms with Crippen molar-refractivity contribution in [3.8, 4) is 5.75 Å². The second-order valence-electron chi connectivity index (χ2n) is 10.1. The summed E-state index contributed by atoms with van der Waals surface area (Å²) in [6.07, 6.45) is 2.30. The molecule has 6 nitrogen and oxygen atoms in total. The number of rotatable bonds is 3. The smallest absolute Gasteiger partial charge is 0.254 e. The van der Waals surface area contributed by atoms with Gasteiger partial charge in [-0.3, -0.25) is 9.93 Å². The lowest BCUT2D eigenvalue weighted by Crippen LogP contribution is -2.45. The summed E-state index contributed by atoms with van der Waals surface area (Å²) in [5.74, 6) is 0.257. The summed E-state index contributed by atoms with van der Waals surface area (Å²) in [5.41, 5.74) is 3.34. The largest absolute Gasteiger partial charge is 0.508 e. The molecular weight excluding hydrogens is 412 g/mol. The Morgan fingerprint density at radius 2 is 1.77 bits per heavy atom. The monoisotopic (exact) mass is 452 g/mol. The minimum atomic E-state index is -0.667. The lowest BCUT2D eigenvalue weighted by Gasteiger charge is -2.33. The first kappa shape index (κ1) is 26.0. The van der Waals surface area contributed by atoms with Crippen LogP contribution < -0.4 is 5.14 Å². The van der Waals surface area contributed by atoms with E-state index in [1.165, 1.54) is 17.5 Å². The summed E-state index contributed by atoms with van der Waals surface area (Å²) >= 11 is 1.38. The lowest BCUT2D eigenvalue weighted by molar-refractivity contribution is -0.161. The molecule has 1 amide bonds. The Labute approximate surface area is 192 Å². The van der Waals surface area contributed by atoms with Gasteiger partial charge >= 0.3 is 0 Å². The molecule has 31 heavy (non-hydrogen) atoms. The normalized spacial score (nSPS) is 21.5. The summed E-state index contributed by atoms with van der Waals surface area (Å²) in [6.45, 7) is 15.8. The summed E-state index contributed by atoms with van der Waals surface area (Å²) in [7, 11) is 0. The quantitative estimate of drug-likeness (QED) is 0.664. The average Bonchev–Trinajstić information content (AvgIpc) is 3.06. The van der Waals surface area contributed by atoms with Crippen molar-refractivity contribution in [2.45, 2.75) is 84.4 Å². The number of piperidine rings is 1. The number of ether oxygens (including phenoxy) is 2. The minimum absolute atomic E-state index is 0.0399. The van der Waals surface area contributed by atoms with Crippen LogP contribution in [0.15, 0.2) is 12.1 Å². The molecule has 1 atom stereocenters. The fourth-order valence-corrected chi connectivity index (χ4v) is 3.71. The summed E-state index contributed by atoms with van der Waals surface area (Å²) in [6, 6.07) is 3.94. The van der Waals surface area contributed by atoms with Gasteiger partial charge in [0.15, 0.2) is 11.9 Å². The minimum Gasteiger partial charge on any atom is -0.508 e.